The Labute approximate surface area is 162 Å². The second-order valence-corrected chi connectivity index (χ2v) is 9.51. The molecule has 0 aliphatic heterocycles. The zero-order chi connectivity index (χ0) is 19.0. The Morgan fingerprint density at radius 2 is 1.89 bits per heavy atom. The first-order chi connectivity index (χ1) is 13.0. The third kappa shape index (κ3) is 3.57. The van der Waals surface area contributed by atoms with Crippen LogP contribution < -0.4 is 9.62 Å². The molecule has 0 spiro atoms. The number of carbonyl (C=O) groups excluding carboxylic acids is 1. The highest BCUT2D eigenvalue weighted by molar-refractivity contribution is 7.92. The molecular weight excluding hydrogens is 380 g/mol. The lowest BCUT2D eigenvalue weighted by Gasteiger charge is -2.23. The normalized spacial score (nSPS) is 14.3. The lowest BCUT2D eigenvalue weighted by molar-refractivity contribution is 0.0955. The second kappa shape index (κ2) is 6.98. The molecule has 2 aromatic carbocycles. The van der Waals surface area contributed by atoms with E-state index in [-0.39, 0.29) is 10.8 Å². The average molecular weight is 401 g/mol. The molecule has 1 fully saturated rings. The van der Waals surface area contributed by atoms with E-state index in [1.54, 1.807) is 36.4 Å². The van der Waals surface area contributed by atoms with Crippen molar-refractivity contribution < 1.29 is 13.2 Å². The Morgan fingerprint density at radius 3 is 2.56 bits per heavy atom. The second-order valence-electron chi connectivity index (χ2n) is 6.56. The highest BCUT2D eigenvalue weighted by atomic mass is 32.2. The number of hydrogen-bond donors (Lipinski definition) is 1. The number of sulfonamides is 1. The maximum absolute atomic E-state index is 13.0. The first-order valence-corrected chi connectivity index (χ1v) is 11.2. The lowest BCUT2D eigenvalue weighted by Crippen LogP contribution is -2.30. The standard InChI is InChI=1S/C20H20N2O3S2/c1-2-22(27(24,25)17-6-4-3-5-7-17)16-10-11-18-14(12-16)13-19(26-18)20(23)21-15-8-9-15/h3-7,10-13,15H,2,8-9H2,1H3,(H,21,23). The van der Waals surface area contributed by atoms with E-state index in [9.17, 15) is 13.2 Å². The fraction of sp³-hybridized carbons (Fsp3) is 0.250. The monoisotopic (exact) mass is 400 g/mol. The number of thiophene rings is 1. The number of amides is 1. The highest BCUT2D eigenvalue weighted by Gasteiger charge is 2.26. The van der Waals surface area contributed by atoms with Gasteiger partial charge < -0.3 is 5.32 Å². The molecule has 1 heterocycles. The maximum Gasteiger partial charge on any atom is 0.264 e. The predicted octanol–water partition coefficient (Wildman–Crippen LogP) is 4.01. The molecule has 0 saturated heterocycles. The van der Waals surface area contributed by atoms with Crippen LogP contribution >= 0.6 is 11.3 Å². The Hall–Kier alpha value is -2.38. The summed E-state index contributed by atoms with van der Waals surface area (Å²) < 4.78 is 28.4. The minimum atomic E-state index is -3.63. The van der Waals surface area contributed by atoms with E-state index in [2.05, 4.69) is 5.32 Å². The van der Waals surface area contributed by atoms with E-state index < -0.39 is 10.0 Å². The minimum Gasteiger partial charge on any atom is -0.349 e. The van der Waals surface area contributed by atoms with Gasteiger partial charge in [-0.3, -0.25) is 9.10 Å². The van der Waals surface area contributed by atoms with Crippen molar-refractivity contribution in [2.24, 2.45) is 0 Å². The summed E-state index contributed by atoms with van der Waals surface area (Å²) in [4.78, 5) is 13.2. The number of carbonyl (C=O) groups is 1. The zero-order valence-electron chi connectivity index (χ0n) is 14.9. The molecule has 3 aromatic rings. The lowest BCUT2D eigenvalue weighted by atomic mass is 10.2. The number of benzene rings is 2. The van der Waals surface area contributed by atoms with Gasteiger partial charge in [0.15, 0.2) is 0 Å². The summed E-state index contributed by atoms with van der Waals surface area (Å²) in [7, 11) is -3.63. The number of hydrogen-bond acceptors (Lipinski definition) is 4. The van der Waals surface area contributed by atoms with Crippen LogP contribution in [0.15, 0.2) is 59.5 Å². The fourth-order valence-corrected chi connectivity index (χ4v) is 5.43. The summed E-state index contributed by atoms with van der Waals surface area (Å²) in [6, 6.07) is 16.1. The molecule has 0 unspecified atom stereocenters. The van der Waals surface area contributed by atoms with Gasteiger partial charge in [0.2, 0.25) is 0 Å². The Morgan fingerprint density at radius 1 is 1.15 bits per heavy atom. The van der Waals surface area contributed by atoms with Gasteiger partial charge in [-0.05, 0) is 61.5 Å². The number of fused-ring (bicyclic) bond motifs is 1. The molecule has 1 aliphatic rings. The van der Waals surface area contributed by atoms with Crippen molar-refractivity contribution in [3.05, 3.63) is 59.5 Å². The van der Waals surface area contributed by atoms with Crippen molar-refractivity contribution in [2.45, 2.75) is 30.7 Å². The van der Waals surface area contributed by atoms with Crippen molar-refractivity contribution in [3.8, 4) is 0 Å². The Balaban J connectivity index is 1.68. The third-order valence-corrected chi connectivity index (χ3v) is 7.57. The molecule has 1 N–H and O–H groups in total. The summed E-state index contributed by atoms with van der Waals surface area (Å²) in [5.41, 5.74) is 0.598. The van der Waals surface area contributed by atoms with Crippen LogP contribution in [0.5, 0.6) is 0 Å². The summed E-state index contributed by atoms with van der Waals surface area (Å²) in [6.45, 7) is 2.13. The quantitative estimate of drug-likeness (QED) is 0.680. The van der Waals surface area contributed by atoms with E-state index in [0.717, 1.165) is 22.9 Å². The molecule has 0 radical (unpaired) electrons. The Kier molecular flexibility index (Phi) is 4.65. The zero-order valence-corrected chi connectivity index (χ0v) is 16.5. The summed E-state index contributed by atoms with van der Waals surface area (Å²) in [5, 5.41) is 3.87. The average Bonchev–Trinajstić information content (AvgIpc) is 3.37. The summed E-state index contributed by atoms with van der Waals surface area (Å²) in [6.07, 6.45) is 2.09. The van der Waals surface area contributed by atoms with Crippen LogP contribution in [-0.4, -0.2) is 26.9 Å². The van der Waals surface area contributed by atoms with Gasteiger partial charge in [-0.15, -0.1) is 11.3 Å². The van der Waals surface area contributed by atoms with Gasteiger partial charge in [0.05, 0.1) is 15.5 Å². The van der Waals surface area contributed by atoms with Crippen LogP contribution in [0.25, 0.3) is 10.1 Å². The van der Waals surface area contributed by atoms with Gasteiger partial charge >= 0.3 is 0 Å². The molecule has 5 nitrogen and oxygen atoms in total. The smallest absolute Gasteiger partial charge is 0.264 e. The van der Waals surface area contributed by atoms with E-state index in [1.807, 2.05) is 25.1 Å². The summed E-state index contributed by atoms with van der Waals surface area (Å²) >= 11 is 1.43. The molecule has 0 atom stereocenters. The van der Waals surface area contributed by atoms with Crippen LogP contribution in [0.2, 0.25) is 0 Å². The van der Waals surface area contributed by atoms with Crippen LogP contribution in [0.3, 0.4) is 0 Å². The fourth-order valence-electron chi connectivity index (χ4n) is 2.99. The van der Waals surface area contributed by atoms with Crippen LogP contribution in [-0.2, 0) is 10.0 Å². The Bertz CT molecular complexity index is 1090. The van der Waals surface area contributed by atoms with Crippen LogP contribution in [0.1, 0.15) is 29.4 Å². The molecule has 140 valence electrons. The number of anilines is 1. The van der Waals surface area contributed by atoms with Crippen LogP contribution in [0.4, 0.5) is 5.69 Å². The van der Waals surface area contributed by atoms with Crippen molar-refractivity contribution in [3.63, 3.8) is 0 Å². The molecule has 27 heavy (non-hydrogen) atoms. The van der Waals surface area contributed by atoms with Crippen molar-refractivity contribution in [1.82, 2.24) is 5.32 Å². The molecule has 0 bridgehead atoms. The number of nitrogens with zero attached hydrogens (tertiary/aromatic N) is 1. The van der Waals surface area contributed by atoms with Gasteiger partial charge in [-0.25, -0.2) is 8.42 Å². The van der Waals surface area contributed by atoms with Gasteiger partial charge in [-0.2, -0.15) is 0 Å². The molecule has 1 amide bonds. The van der Waals surface area contributed by atoms with E-state index in [0.29, 0.717) is 23.2 Å². The summed E-state index contributed by atoms with van der Waals surface area (Å²) in [5.74, 6) is -0.0514. The largest absolute Gasteiger partial charge is 0.349 e. The molecular formula is C20H20N2O3S2. The van der Waals surface area contributed by atoms with Crippen molar-refractivity contribution >= 4 is 43.0 Å². The van der Waals surface area contributed by atoms with Gasteiger partial charge in [-0.1, -0.05) is 18.2 Å². The van der Waals surface area contributed by atoms with E-state index in [4.69, 9.17) is 0 Å². The van der Waals surface area contributed by atoms with Crippen molar-refractivity contribution in [1.29, 1.82) is 0 Å². The first-order valence-electron chi connectivity index (χ1n) is 8.91. The highest BCUT2D eigenvalue weighted by Crippen LogP contribution is 2.32. The number of nitrogens with one attached hydrogen (secondary N) is 1. The van der Waals surface area contributed by atoms with Gasteiger partial charge in [0, 0.05) is 17.3 Å². The molecule has 1 aromatic heterocycles. The SMILES string of the molecule is CCN(c1ccc2sc(C(=O)NC3CC3)cc2c1)S(=O)(=O)c1ccccc1. The maximum atomic E-state index is 13.0. The third-order valence-electron chi connectivity index (χ3n) is 4.54. The molecule has 1 aliphatic carbocycles. The molecule has 1 saturated carbocycles. The van der Waals surface area contributed by atoms with Crippen LogP contribution in [0, 0.1) is 0 Å². The van der Waals surface area contributed by atoms with E-state index in [1.165, 1.54) is 15.6 Å². The van der Waals surface area contributed by atoms with E-state index >= 15 is 0 Å². The molecule has 4 rings (SSSR count). The van der Waals surface area contributed by atoms with Gasteiger partial charge in [0.25, 0.3) is 15.9 Å². The topological polar surface area (TPSA) is 66.5 Å². The minimum absolute atomic E-state index is 0.0514. The van der Waals surface area contributed by atoms with Gasteiger partial charge in [0.1, 0.15) is 0 Å². The predicted molar refractivity (Wildman–Crippen MR) is 109 cm³/mol. The van der Waals surface area contributed by atoms with Crippen molar-refractivity contribution in [2.75, 3.05) is 10.8 Å². The number of rotatable bonds is 6. The molecule has 7 heteroatoms. The first kappa shape index (κ1) is 18.0.